The number of hydrogen-bond donors (Lipinski definition) is 1. The lowest BCUT2D eigenvalue weighted by molar-refractivity contribution is -0.204. The maximum absolute atomic E-state index is 10.6. The minimum absolute atomic E-state index is 0.240. The van der Waals surface area contributed by atoms with Crippen LogP contribution in [-0.2, 0) is 14.3 Å². The number of carbonyl (C=O) groups is 1. The van der Waals surface area contributed by atoms with Crippen LogP contribution in [0.15, 0.2) is 0 Å². The highest BCUT2D eigenvalue weighted by Gasteiger charge is 2.29. The minimum atomic E-state index is -1.18. The summed E-state index contributed by atoms with van der Waals surface area (Å²) < 4.78 is 9.72. The van der Waals surface area contributed by atoms with Crippen molar-refractivity contribution in [1.29, 1.82) is 0 Å². The number of cyclic esters (lactones) is 1. The molecule has 0 amide bonds. The summed E-state index contributed by atoms with van der Waals surface area (Å²) in [6.07, 6.45) is -0.0493. The molecule has 1 fully saturated rings. The van der Waals surface area contributed by atoms with Gasteiger partial charge in [-0.1, -0.05) is 0 Å². The number of carbonyl (C=O) groups excluding carboxylic acids is 1. The highest BCUT2D eigenvalue weighted by atomic mass is 16.6. The first-order valence-corrected chi connectivity index (χ1v) is 3.53. The fourth-order valence-electron chi connectivity index (χ4n) is 0.973. The summed E-state index contributed by atoms with van der Waals surface area (Å²) in [4.78, 5) is 10.6. The second-order valence-corrected chi connectivity index (χ2v) is 3.07. The molecule has 0 aromatic rings. The van der Waals surface area contributed by atoms with Crippen molar-refractivity contribution < 1.29 is 19.4 Å². The molecule has 0 aromatic heterocycles. The second kappa shape index (κ2) is 2.79. The Morgan fingerprint density at radius 1 is 1.73 bits per heavy atom. The summed E-state index contributed by atoms with van der Waals surface area (Å²) in [6, 6.07) is 0. The second-order valence-electron chi connectivity index (χ2n) is 3.07. The lowest BCUT2D eigenvalue weighted by Gasteiger charge is -2.21. The van der Waals surface area contributed by atoms with E-state index in [0.29, 0.717) is 0 Å². The molecule has 1 N–H and O–H groups in total. The Labute approximate surface area is 65.1 Å². The molecular weight excluding hydrogens is 148 g/mol. The van der Waals surface area contributed by atoms with Crippen LogP contribution in [0.1, 0.15) is 20.3 Å². The average Bonchev–Trinajstić information content (AvgIpc) is 2.10. The Hall–Kier alpha value is -0.610. The predicted octanol–water partition coefficient (Wildman–Crippen LogP) is 0.0469. The molecule has 4 nitrogen and oxygen atoms in total. The van der Waals surface area contributed by atoms with Gasteiger partial charge >= 0.3 is 5.97 Å². The molecule has 0 unspecified atom stereocenters. The molecule has 1 aliphatic rings. The van der Waals surface area contributed by atoms with E-state index in [9.17, 15) is 9.90 Å². The van der Waals surface area contributed by atoms with Crippen molar-refractivity contribution in [2.24, 2.45) is 0 Å². The quantitative estimate of drug-likeness (QED) is 0.458. The van der Waals surface area contributed by atoms with Gasteiger partial charge in [0.1, 0.15) is 12.7 Å². The van der Waals surface area contributed by atoms with Crippen molar-refractivity contribution in [3.63, 3.8) is 0 Å². The number of esters is 1. The van der Waals surface area contributed by atoms with E-state index >= 15 is 0 Å². The topological polar surface area (TPSA) is 55.8 Å². The van der Waals surface area contributed by atoms with Crippen molar-refractivity contribution in [3.05, 3.63) is 0 Å². The molecule has 0 aromatic carbocycles. The van der Waals surface area contributed by atoms with Crippen LogP contribution >= 0.6 is 0 Å². The summed E-state index contributed by atoms with van der Waals surface area (Å²) in [5.74, 6) is -1.45. The van der Waals surface area contributed by atoms with Crippen LogP contribution in [-0.4, -0.2) is 29.6 Å². The van der Waals surface area contributed by atoms with E-state index in [1.807, 2.05) is 0 Å². The van der Waals surface area contributed by atoms with E-state index < -0.39 is 5.79 Å². The Balaban J connectivity index is 2.34. The van der Waals surface area contributed by atoms with Crippen LogP contribution in [0.3, 0.4) is 0 Å². The van der Waals surface area contributed by atoms with Crippen LogP contribution in [0.2, 0.25) is 0 Å². The zero-order valence-corrected chi connectivity index (χ0v) is 6.66. The van der Waals surface area contributed by atoms with E-state index in [1.54, 1.807) is 0 Å². The summed E-state index contributed by atoms with van der Waals surface area (Å²) in [5.41, 5.74) is 0. The summed E-state index contributed by atoms with van der Waals surface area (Å²) in [7, 11) is 0. The first kappa shape index (κ1) is 8.49. The molecular formula is C7H12O4. The SMILES string of the molecule is CC(C)(O)O[C@@H]1COC(=O)C1. The maximum atomic E-state index is 10.6. The molecule has 11 heavy (non-hydrogen) atoms. The van der Waals surface area contributed by atoms with E-state index in [1.165, 1.54) is 13.8 Å². The Morgan fingerprint density at radius 2 is 2.36 bits per heavy atom. The first-order chi connectivity index (χ1) is 4.97. The van der Waals surface area contributed by atoms with E-state index in [2.05, 4.69) is 4.74 Å². The van der Waals surface area contributed by atoms with Crippen molar-refractivity contribution in [1.82, 2.24) is 0 Å². The Morgan fingerprint density at radius 3 is 2.73 bits per heavy atom. The van der Waals surface area contributed by atoms with Gasteiger partial charge in [-0.2, -0.15) is 0 Å². The third kappa shape index (κ3) is 2.86. The van der Waals surface area contributed by atoms with Gasteiger partial charge in [0, 0.05) is 0 Å². The standard InChI is InChI=1S/C7H12O4/c1-7(2,9)11-5-3-6(8)10-4-5/h5,9H,3-4H2,1-2H3/t5-/m0/s1. The fraction of sp³-hybridized carbons (Fsp3) is 0.857. The first-order valence-electron chi connectivity index (χ1n) is 3.53. The lowest BCUT2D eigenvalue weighted by Crippen LogP contribution is -2.30. The average molecular weight is 160 g/mol. The molecule has 1 aliphatic heterocycles. The van der Waals surface area contributed by atoms with Gasteiger partial charge in [0.05, 0.1) is 6.42 Å². The van der Waals surface area contributed by atoms with Crippen LogP contribution in [0.5, 0.6) is 0 Å². The van der Waals surface area contributed by atoms with Crippen molar-refractivity contribution in [2.45, 2.75) is 32.2 Å². The van der Waals surface area contributed by atoms with Crippen LogP contribution in [0.25, 0.3) is 0 Å². The fourth-order valence-corrected chi connectivity index (χ4v) is 0.973. The van der Waals surface area contributed by atoms with Gasteiger partial charge < -0.3 is 14.6 Å². The van der Waals surface area contributed by atoms with Gasteiger partial charge in [-0.15, -0.1) is 0 Å². The highest BCUT2D eigenvalue weighted by Crippen LogP contribution is 2.16. The van der Waals surface area contributed by atoms with Crippen molar-refractivity contribution in [3.8, 4) is 0 Å². The zero-order valence-electron chi connectivity index (χ0n) is 6.66. The third-order valence-corrected chi connectivity index (χ3v) is 1.28. The van der Waals surface area contributed by atoms with E-state index in [0.717, 1.165) is 0 Å². The molecule has 64 valence electrons. The normalized spacial score (nSPS) is 25.4. The monoisotopic (exact) mass is 160 g/mol. The van der Waals surface area contributed by atoms with Crippen molar-refractivity contribution >= 4 is 5.97 Å². The molecule has 1 atom stereocenters. The Kier molecular flexibility index (Phi) is 2.15. The minimum Gasteiger partial charge on any atom is -0.463 e. The van der Waals surface area contributed by atoms with E-state index in [-0.39, 0.29) is 25.1 Å². The maximum Gasteiger partial charge on any atom is 0.308 e. The van der Waals surface area contributed by atoms with E-state index in [4.69, 9.17) is 4.74 Å². The van der Waals surface area contributed by atoms with Gasteiger partial charge in [0.2, 0.25) is 0 Å². The number of rotatable bonds is 2. The molecule has 4 heteroatoms. The molecule has 1 heterocycles. The third-order valence-electron chi connectivity index (χ3n) is 1.28. The summed E-state index contributed by atoms with van der Waals surface area (Å²) in [6.45, 7) is 3.30. The molecule has 0 radical (unpaired) electrons. The van der Waals surface area contributed by atoms with Crippen LogP contribution in [0.4, 0.5) is 0 Å². The zero-order chi connectivity index (χ0) is 8.48. The van der Waals surface area contributed by atoms with Crippen LogP contribution in [0, 0.1) is 0 Å². The van der Waals surface area contributed by atoms with Crippen LogP contribution < -0.4 is 0 Å². The summed E-state index contributed by atoms with van der Waals surface area (Å²) in [5, 5.41) is 9.18. The molecule has 0 spiro atoms. The van der Waals surface area contributed by atoms with Gasteiger partial charge in [0.15, 0.2) is 5.79 Å². The molecule has 0 bridgehead atoms. The molecule has 1 saturated heterocycles. The van der Waals surface area contributed by atoms with Crippen molar-refractivity contribution in [2.75, 3.05) is 6.61 Å². The molecule has 0 aliphatic carbocycles. The number of ether oxygens (including phenoxy) is 2. The van der Waals surface area contributed by atoms with Gasteiger partial charge in [-0.05, 0) is 13.8 Å². The van der Waals surface area contributed by atoms with Gasteiger partial charge in [0.25, 0.3) is 0 Å². The lowest BCUT2D eigenvalue weighted by atomic mass is 10.3. The van der Waals surface area contributed by atoms with Gasteiger partial charge in [-0.25, -0.2) is 0 Å². The number of aliphatic hydroxyl groups is 1. The highest BCUT2D eigenvalue weighted by molar-refractivity contribution is 5.71. The van der Waals surface area contributed by atoms with Gasteiger partial charge in [-0.3, -0.25) is 4.79 Å². The number of hydrogen-bond acceptors (Lipinski definition) is 4. The summed E-state index contributed by atoms with van der Waals surface area (Å²) >= 11 is 0. The predicted molar refractivity (Wildman–Crippen MR) is 36.7 cm³/mol. The largest absolute Gasteiger partial charge is 0.463 e. The molecule has 1 rings (SSSR count). The Bertz CT molecular complexity index is 158. The smallest absolute Gasteiger partial charge is 0.308 e. The molecule has 0 saturated carbocycles.